The molecule has 0 aromatic carbocycles. The highest BCUT2D eigenvalue weighted by Crippen LogP contribution is 2.25. The fourth-order valence-corrected chi connectivity index (χ4v) is 3.38. The van der Waals surface area contributed by atoms with Gasteiger partial charge in [0.2, 0.25) is 5.91 Å². The highest BCUT2D eigenvalue weighted by molar-refractivity contribution is 5.79. The number of H-pyrrole nitrogens is 1. The molecule has 0 spiro atoms. The molecule has 0 saturated carbocycles. The number of aromatic nitrogens is 3. The van der Waals surface area contributed by atoms with Crippen molar-refractivity contribution in [2.75, 3.05) is 20.2 Å². The lowest BCUT2D eigenvalue weighted by Crippen LogP contribution is -2.31. The molecule has 3 rings (SSSR count). The summed E-state index contributed by atoms with van der Waals surface area (Å²) < 4.78 is 10.9. The standard InChI is InChI=1S/C17H24N4O3/c1-10-5-14(24-20-10)6-13-8-21(9-16(13)23-4)17(22)7-15-11(2)18-19-12(15)3/h5,13,16H,6-9H2,1-4H3,(H,18,19)/t13-,16+/m1/s1. The van der Waals surface area contributed by atoms with E-state index in [0.717, 1.165) is 34.8 Å². The number of ether oxygens (including phenoxy) is 1. The smallest absolute Gasteiger partial charge is 0.227 e. The molecule has 7 nitrogen and oxygen atoms in total. The minimum Gasteiger partial charge on any atom is -0.379 e. The van der Waals surface area contributed by atoms with E-state index in [1.165, 1.54) is 0 Å². The van der Waals surface area contributed by atoms with E-state index in [1.807, 2.05) is 31.7 Å². The van der Waals surface area contributed by atoms with Crippen LogP contribution in [0.15, 0.2) is 10.6 Å². The maximum absolute atomic E-state index is 12.7. The third-order valence-electron chi connectivity index (χ3n) is 4.79. The number of methoxy groups -OCH3 is 1. The van der Waals surface area contributed by atoms with Gasteiger partial charge in [-0.15, -0.1) is 0 Å². The molecule has 2 aromatic heterocycles. The van der Waals surface area contributed by atoms with Crippen molar-refractivity contribution in [1.82, 2.24) is 20.3 Å². The fraction of sp³-hybridized carbons (Fsp3) is 0.588. The monoisotopic (exact) mass is 332 g/mol. The van der Waals surface area contributed by atoms with Crippen molar-refractivity contribution >= 4 is 5.91 Å². The maximum Gasteiger partial charge on any atom is 0.227 e. The van der Waals surface area contributed by atoms with Crippen LogP contribution in [0.25, 0.3) is 0 Å². The summed E-state index contributed by atoms with van der Waals surface area (Å²) in [6.07, 6.45) is 1.12. The first-order valence-corrected chi connectivity index (χ1v) is 8.21. The van der Waals surface area contributed by atoms with Crippen LogP contribution in [0.5, 0.6) is 0 Å². The Morgan fingerprint density at radius 1 is 1.42 bits per heavy atom. The van der Waals surface area contributed by atoms with Crippen molar-refractivity contribution in [3.05, 3.63) is 34.5 Å². The van der Waals surface area contributed by atoms with Crippen molar-refractivity contribution in [2.24, 2.45) is 5.92 Å². The number of aromatic amines is 1. The molecule has 0 bridgehead atoms. The Kier molecular flexibility index (Phi) is 4.71. The third kappa shape index (κ3) is 3.36. The van der Waals surface area contributed by atoms with Gasteiger partial charge in [0.15, 0.2) is 0 Å². The lowest BCUT2D eigenvalue weighted by molar-refractivity contribution is -0.129. The SMILES string of the molecule is CO[C@H]1CN(C(=O)Cc2c(C)n[nH]c2C)C[C@H]1Cc1cc(C)no1. The summed E-state index contributed by atoms with van der Waals surface area (Å²) in [6, 6.07) is 1.94. The van der Waals surface area contributed by atoms with Crippen molar-refractivity contribution in [3.63, 3.8) is 0 Å². The first-order valence-electron chi connectivity index (χ1n) is 8.21. The first kappa shape index (κ1) is 16.7. The molecule has 1 saturated heterocycles. The van der Waals surface area contributed by atoms with Gasteiger partial charge in [-0.05, 0) is 20.8 Å². The van der Waals surface area contributed by atoms with Crippen LogP contribution in [0, 0.1) is 26.7 Å². The molecule has 7 heteroatoms. The number of hydrogen-bond donors (Lipinski definition) is 1. The molecule has 1 fully saturated rings. The fourth-order valence-electron chi connectivity index (χ4n) is 3.38. The van der Waals surface area contributed by atoms with Crippen molar-refractivity contribution < 1.29 is 14.1 Å². The molecule has 0 unspecified atom stereocenters. The van der Waals surface area contributed by atoms with Gasteiger partial charge >= 0.3 is 0 Å². The predicted molar refractivity (Wildman–Crippen MR) is 87.6 cm³/mol. The van der Waals surface area contributed by atoms with E-state index in [0.29, 0.717) is 19.5 Å². The molecule has 1 aliphatic rings. The molecule has 130 valence electrons. The summed E-state index contributed by atoms with van der Waals surface area (Å²) >= 11 is 0. The first-order chi connectivity index (χ1) is 11.5. The summed E-state index contributed by atoms with van der Waals surface area (Å²) in [7, 11) is 1.70. The van der Waals surface area contributed by atoms with Crippen LogP contribution >= 0.6 is 0 Å². The number of carbonyl (C=O) groups excluding carboxylic acids is 1. The third-order valence-corrected chi connectivity index (χ3v) is 4.79. The number of nitrogens with one attached hydrogen (secondary N) is 1. The average Bonchev–Trinajstić information content (AvgIpc) is 3.23. The number of amides is 1. The summed E-state index contributed by atoms with van der Waals surface area (Å²) in [4.78, 5) is 14.6. The second kappa shape index (κ2) is 6.76. The van der Waals surface area contributed by atoms with Gasteiger partial charge in [-0.3, -0.25) is 9.89 Å². The number of likely N-dealkylation sites (tertiary alicyclic amines) is 1. The van der Waals surface area contributed by atoms with Crippen molar-refractivity contribution in [2.45, 2.75) is 39.7 Å². The molecule has 2 aromatic rings. The van der Waals surface area contributed by atoms with Crippen LogP contribution in [0.4, 0.5) is 0 Å². The molecule has 0 aliphatic carbocycles. The minimum atomic E-state index is 0.0194. The summed E-state index contributed by atoms with van der Waals surface area (Å²) in [5.41, 5.74) is 3.70. The summed E-state index contributed by atoms with van der Waals surface area (Å²) in [5, 5.41) is 11.0. The lowest BCUT2D eigenvalue weighted by Gasteiger charge is -2.16. The second-order valence-corrected chi connectivity index (χ2v) is 6.56. The Hall–Kier alpha value is -2.15. The van der Waals surface area contributed by atoms with Crippen LogP contribution in [0.3, 0.4) is 0 Å². The molecule has 0 radical (unpaired) electrons. The van der Waals surface area contributed by atoms with Gasteiger partial charge in [0.1, 0.15) is 5.76 Å². The van der Waals surface area contributed by atoms with Crippen molar-refractivity contribution in [1.29, 1.82) is 0 Å². The topological polar surface area (TPSA) is 84.2 Å². The van der Waals surface area contributed by atoms with Gasteiger partial charge < -0.3 is 14.2 Å². The number of rotatable bonds is 5. The minimum absolute atomic E-state index is 0.0194. The highest BCUT2D eigenvalue weighted by atomic mass is 16.5. The molecule has 1 amide bonds. The number of hydrogen-bond acceptors (Lipinski definition) is 5. The number of carbonyl (C=O) groups is 1. The number of aryl methyl sites for hydroxylation is 3. The van der Waals surface area contributed by atoms with Gasteiger partial charge in [-0.25, -0.2) is 0 Å². The average molecular weight is 332 g/mol. The molecule has 2 atom stereocenters. The van der Waals surface area contributed by atoms with E-state index >= 15 is 0 Å². The van der Waals surface area contributed by atoms with Crippen LogP contribution in [0.2, 0.25) is 0 Å². The van der Waals surface area contributed by atoms with E-state index in [1.54, 1.807) is 7.11 Å². The van der Waals surface area contributed by atoms with E-state index in [9.17, 15) is 4.79 Å². The molecule has 1 N–H and O–H groups in total. The second-order valence-electron chi connectivity index (χ2n) is 6.56. The molecule has 1 aliphatic heterocycles. The van der Waals surface area contributed by atoms with E-state index in [-0.39, 0.29) is 17.9 Å². The summed E-state index contributed by atoms with van der Waals surface area (Å²) in [5.74, 6) is 1.18. The predicted octanol–water partition coefficient (Wildman–Crippen LogP) is 1.58. The van der Waals surface area contributed by atoms with E-state index in [2.05, 4.69) is 15.4 Å². The Labute approximate surface area is 141 Å². The molecular weight excluding hydrogens is 308 g/mol. The van der Waals surface area contributed by atoms with E-state index < -0.39 is 0 Å². The van der Waals surface area contributed by atoms with E-state index in [4.69, 9.17) is 9.26 Å². The van der Waals surface area contributed by atoms with Gasteiger partial charge in [0, 0.05) is 49.9 Å². The van der Waals surface area contributed by atoms with Gasteiger partial charge in [0.05, 0.1) is 23.9 Å². The zero-order valence-corrected chi connectivity index (χ0v) is 14.6. The zero-order chi connectivity index (χ0) is 17.3. The number of nitrogens with zero attached hydrogens (tertiary/aromatic N) is 3. The van der Waals surface area contributed by atoms with Gasteiger partial charge in [0.25, 0.3) is 0 Å². The Morgan fingerprint density at radius 2 is 2.21 bits per heavy atom. The highest BCUT2D eigenvalue weighted by Gasteiger charge is 2.36. The summed E-state index contributed by atoms with van der Waals surface area (Å²) in [6.45, 7) is 7.06. The zero-order valence-electron chi connectivity index (χ0n) is 14.6. The lowest BCUT2D eigenvalue weighted by atomic mass is 10.0. The van der Waals surface area contributed by atoms with Crippen LogP contribution in [-0.2, 0) is 22.4 Å². The van der Waals surface area contributed by atoms with Crippen LogP contribution < -0.4 is 0 Å². The Morgan fingerprint density at radius 3 is 2.79 bits per heavy atom. The van der Waals surface area contributed by atoms with Gasteiger partial charge in [-0.2, -0.15) is 5.10 Å². The quantitative estimate of drug-likeness (QED) is 0.899. The molecule has 24 heavy (non-hydrogen) atoms. The molecule has 3 heterocycles. The molecular formula is C17H24N4O3. The Bertz CT molecular complexity index is 702. The van der Waals surface area contributed by atoms with Gasteiger partial charge in [-0.1, -0.05) is 5.16 Å². The van der Waals surface area contributed by atoms with Crippen LogP contribution in [0.1, 0.15) is 28.4 Å². The largest absolute Gasteiger partial charge is 0.379 e. The maximum atomic E-state index is 12.7. The van der Waals surface area contributed by atoms with Crippen LogP contribution in [-0.4, -0.2) is 52.5 Å². The van der Waals surface area contributed by atoms with Crippen molar-refractivity contribution in [3.8, 4) is 0 Å². The Balaban J connectivity index is 1.66. The normalized spacial score (nSPS) is 20.8.